The highest BCUT2D eigenvalue weighted by atomic mass is 35.5. The highest BCUT2D eigenvalue weighted by Gasteiger charge is 2.17. The van der Waals surface area contributed by atoms with Gasteiger partial charge in [-0.25, -0.2) is 0 Å². The lowest BCUT2D eigenvalue weighted by Gasteiger charge is -2.18. The van der Waals surface area contributed by atoms with Crippen LogP contribution in [-0.4, -0.2) is 22.4 Å². The Bertz CT molecular complexity index is 604. The van der Waals surface area contributed by atoms with Crippen molar-refractivity contribution in [3.05, 3.63) is 51.8 Å². The number of nitrogens with zero attached hydrogens (tertiary/aromatic N) is 2. The largest absolute Gasteiger partial charge is 0.314 e. The first-order valence-electron chi connectivity index (χ1n) is 7.48. The van der Waals surface area contributed by atoms with Gasteiger partial charge in [-0.1, -0.05) is 48.4 Å². The minimum atomic E-state index is 0.365. The Morgan fingerprint density at radius 1 is 1.29 bits per heavy atom. The number of aromatic nitrogens is 2. The SMILES string of the molecule is CCNC(Cc1cccc(C)c1)Cc1c(Cl)c(C)nn1C. The van der Waals surface area contributed by atoms with Crippen LogP contribution in [0.5, 0.6) is 0 Å². The molecule has 2 aromatic rings. The Morgan fingerprint density at radius 3 is 2.62 bits per heavy atom. The molecule has 0 fully saturated rings. The minimum absolute atomic E-state index is 0.365. The molecule has 0 bridgehead atoms. The molecule has 0 radical (unpaired) electrons. The molecular weight excluding hydrogens is 282 g/mol. The standard InChI is InChI=1S/C17H24ClN3/c1-5-19-15(10-14-8-6-7-12(2)9-14)11-16-17(18)13(3)20-21(16)4/h6-9,15,19H,5,10-11H2,1-4H3. The van der Waals surface area contributed by atoms with Gasteiger partial charge in [0.05, 0.1) is 16.4 Å². The lowest BCUT2D eigenvalue weighted by atomic mass is 10.00. The number of halogens is 1. The van der Waals surface area contributed by atoms with E-state index in [0.29, 0.717) is 6.04 Å². The maximum absolute atomic E-state index is 6.38. The molecule has 1 heterocycles. The van der Waals surface area contributed by atoms with Gasteiger partial charge in [-0.2, -0.15) is 5.10 Å². The molecule has 0 aliphatic rings. The van der Waals surface area contributed by atoms with Crippen LogP contribution in [0.1, 0.15) is 29.4 Å². The second-order valence-corrected chi connectivity index (χ2v) is 6.00. The zero-order valence-electron chi connectivity index (χ0n) is 13.3. The molecule has 0 saturated carbocycles. The van der Waals surface area contributed by atoms with Crippen molar-refractivity contribution in [2.24, 2.45) is 7.05 Å². The number of aryl methyl sites for hydroxylation is 3. The van der Waals surface area contributed by atoms with Gasteiger partial charge < -0.3 is 5.32 Å². The second-order valence-electron chi connectivity index (χ2n) is 5.62. The summed E-state index contributed by atoms with van der Waals surface area (Å²) in [6.07, 6.45) is 1.88. The molecule has 1 unspecified atom stereocenters. The Kier molecular flexibility index (Phi) is 5.43. The number of hydrogen-bond donors (Lipinski definition) is 1. The molecule has 0 aliphatic heterocycles. The molecule has 114 valence electrons. The van der Waals surface area contributed by atoms with Crippen LogP contribution in [0.25, 0.3) is 0 Å². The molecule has 1 N–H and O–H groups in total. The van der Waals surface area contributed by atoms with Crippen LogP contribution >= 0.6 is 11.6 Å². The fourth-order valence-corrected chi connectivity index (χ4v) is 3.00. The molecule has 0 aliphatic carbocycles. The first-order valence-corrected chi connectivity index (χ1v) is 7.86. The van der Waals surface area contributed by atoms with Gasteiger partial charge in [0.2, 0.25) is 0 Å². The topological polar surface area (TPSA) is 29.9 Å². The summed E-state index contributed by atoms with van der Waals surface area (Å²) in [6, 6.07) is 9.06. The number of benzene rings is 1. The molecule has 4 heteroatoms. The minimum Gasteiger partial charge on any atom is -0.314 e. The first kappa shape index (κ1) is 16.1. The van der Waals surface area contributed by atoms with E-state index in [1.165, 1.54) is 11.1 Å². The van der Waals surface area contributed by atoms with Gasteiger partial charge in [-0.05, 0) is 32.4 Å². The van der Waals surface area contributed by atoms with E-state index in [2.05, 4.69) is 48.5 Å². The van der Waals surface area contributed by atoms with Gasteiger partial charge in [0.25, 0.3) is 0 Å². The predicted molar refractivity (Wildman–Crippen MR) is 89.0 cm³/mol. The van der Waals surface area contributed by atoms with E-state index < -0.39 is 0 Å². The molecule has 3 nitrogen and oxygen atoms in total. The van der Waals surface area contributed by atoms with Crippen molar-refractivity contribution in [3.63, 3.8) is 0 Å². The van der Waals surface area contributed by atoms with E-state index in [9.17, 15) is 0 Å². The maximum atomic E-state index is 6.38. The van der Waals surface area contributed by atoms with Gasteiger partial charge >= 0.3 is 0 Å². The molecule has 1 atom stereocenters. The van der Waals surface area contributed by atoms with Crippen molar-refractivity contribution >= 4 is 11.6 Å². The van der Waals surface area contributed by atoms with Crippen LogP contribution in [0.4, 0.5) is 0 Å². The van der Waals surface area contributed by atoms with E-state index in [4.69, 9.17) is 11.6 Å². The predicted octanol–water partition coefficient (Wildman–Crippen LogP) is 3.45. The fraction of sp³-hybridized carbons (Fsp3) is 0.471. The average Bonchev–Trinajstić information content (AvgIpc) is 2.66. The van der Waals surface area contributed by atoms with Crippen LogP contribution in [0.15, 0.2) is 24.3 Å². The summed E-state index contributed by atoms with van der Waals surface area (Å²) in [5.74, 6) is 0. The number of nitrogens with one attached hydrogen (secondary N) is 1. The van der Waals surface area contributed by atoms with Crippen LogP contribution < -0.4 is 5.32 Å². The molecule has 1 aromatic heterocycles. The normalized spacial score (nSPS) is 12.6. The number of likely N-dealkylation sites (N-methyl/N-ethyl adjacent to an activating group) is 1. The van der Waals surface area contributed by atoms with Crippen LogP contribution in [0.2, 0.25) is 5.02 Å². The zero-order valence-corrected chi connectivity index (χ0v) is 14.0. The van der Waals surface area contributed by atoms with Gasteiger partial charge in [0, 0.05) is 19.5 Å². The zero-order chi connectivity index (χ0) is 15.4. The Morgan fingerprint density at radius 2 is 2.05 bits per heavy atom. The highest BCUT2D eigenvalue weighted by Crippen LogP contribution is 2.21. The first-order chi connectivity index (χ1) is 10.0. The summed E-state index contributed by atoms with van der Waals surface area (Å²) in [4.78, 5) is 0. The smallest absolute Gasteiger partial charge is 0.0847 e. The van der Waals surface area contributed by atoms with Crippen molar-refractivity contribution in [3.8, 4) is 0 Å². The molecular formula is C17H24ClN3. The van der Waals surface area contributed by atoms with E-state index >= 15 is 0 Å². The lowest BCUT2D eigenvalue weighted by Crippen LogP contribution is -2.33. The fourth-order valence-electron chi connectivity index (χ4n) is 2.76. The summed E-state index contributed by atoms with van der Waals surface area (Å²) >= 11 is 6.38. The Balaban J connectivity index is 2.15. The maximum Gasteiger partial charge on any atom is 0.0847 e. The third kappa shape index (κ3) is 4.08. The van der Waals surface area contributed by atoms with Gasteiger partial charge in [-0.3, -0.25) is 4.68 Å². The average molecular weight is 306 g/mol. The Hall–Kier alpha value is -1.32. The molecule has 0 spiro atoms. The summed E-state index contributed by atoms with van der Waals surface area (Å²) in [7, 11) is 1.96. The molecule has 1 aromatic carbocycles. The molecule has 21 heavy (non-hydrogen) atoms. The van der Waals surface area contributed by atoms with Crippen molar-refractivity contribution < 1.29 is 0 Å². The van der Waals surface area contributed by atoms with Crippen LogP contribution in [0.3, 0.4) is 0 Å². The quantitative estimate of drug-likeness (QED) is 0.886. The summed E-state index contributed by atoms with van der Waals surface area (Å²) in [6.45, 7) is 7.17. The molecule has 2 rings (SSSR count). The van der Waals surface area contributed by atoms with Gasteiger partial charge in [-0.15, -0.1) is 0 Å². The summed E-state index contributed by atoms with van der Waals surface area (Å²) in [5, 5.41) is 8.76. The number of hydrogen-bond acceptors (Lipinski definition) is 2. The lowest BCUT2D eigenvalue weighted by molar-refractivity contribution is 0.504. The third-order valence-electron chi connectivity index (χ3n) is 3.76. The van der Waals surface area contributed by atoms with Crippen molar-refractivity contribution in [1.82, 2.24) is 15.1 Å². The van der Waals surface area contributed by atoms with Crippen LogP contribution in [-0.2, 0) is 19.9 Å². The summed E-state index contributed by atoms with van der Waals surface area (Å²) in [5.41, 5.74) is 4.67. The van der Waals surface area contributed by atoms with E-state index in [1.54, 1.807) is 0 Å². The van der Waals surface area contributed by atoms with Gasteiger partial charge in [0.1, 0.15) is 0 Å². The summed E-state index contributed by atoms with van der Waals surface area (Å²) < 4.78 is 1.90. The van der Waals surface area contributed by atoms with Crippen LogP contribution in [0, 0.1) is 13.8 Å². The van der Waals surface area contributed by atoms with Crippen molar-refractivity contribution in [2.45, 2.75) is 39.7 Å². The van der Waals surface area contributed by atoms with Crippen molar-refractivity contribution in [2.75, 3.05) is 6.54 Å². The molecule has 0 saturated heterocycles. The third-order valence-corrected chi connectivity index (χ3v) is 4.25. The van der Waals surface area contributed by atoms with E-state index in [-0.39, 0.29) is 0 Å². The van der Waals surface area contributed by atoms with E-state index in [0.717, 1.165) is 35.8 Å². The van der Waals surface area contributed by atoms with Crippen molar-refractivity contribution in [1.29, 1.82) is 0 Å². The monoisotopic (exact) mass is 305 g/mol. The van der Waals surface area contributed by atoms with E-state index in [1.807, 2.05) is 18.7 Å². The highest BCUT2D eigenvalue weighted by molar-refractivity contribution is 6.31. The molecule has 0 amide bonds. The second kappa shape index (κ2) is 7.10. The number of rotatable bonds is 6. The van der Waals surface area contributed by atoms with Gasteiger partial charge in [0.15, 0.2) is 0 Å². The Labute approximate surface area is 132 Å².